The minimum absolute atomic E-state index is 0.0589. The highest BCUT2D eigenvalue weighted by Gasteiger charge is 2.14. The lowest BCUT2D eigenvalue weighted by Gasteiger charge is -2.06. The summed E-state index contributed by atoms with van der Waals surface area (Å²) in [4.78, 5) is 20.0. The number of H-pyrrole nitrogens is 1. The van der Waals surface area contributed by atoms with Crippen molar-refractivity contribution in [1.82, 2.24) is 19.9 Å². The molecule has 0 saturated heterocycles. The predicted octanol–water partition coefficient (Wildman–Crippen LogP) is 3.28. The number of aromatic nitrogens is 3. The van der Waals surface area contributed by atoms with Crippen LogP contribution in [0.4, 0.5) is 0 Å². The molecule has 3 aromatic rings. The van der Waals surface area contributed by atoms with Gasteiger partial charge in [0.2, 0.25) is 5.91 Å². The number of imidazole rings is 1. The third-order valence-electron chi connectivity index (χ3n) is 4.34. The third-order valence-corrected chi connectivity index (χ3v) is 5.40. The van der Waals surface area contributed by atoms with Gasteiger partial charge in [-0.25, -0.2) is 4.98 Å². The second-order valence-corrected chi connectivity index (χ2v) is 7.49. The third kappa shape index (κ3) is 3.90. The van der Waals surface area contributed by atoms with Crippen molar-refractivity contribution in [3.05, 3.63) is 46.9 Å². The largest absolute Gasteiger partial charge is 0.358 e. The molecule has 0 aliphatic rings. The number of nitrogens with zero attached hydrogens (tertiary/aromatic N) is 2. The van der Waals surface area contributed by atoms with Crippen LogP contribution in [-0.2, 0) is 18.3 Å². The molecular weight excluding hydrogens is 332 g/mol. The Morgan fingerprint density at radius 1 is 1.32 bits per heavy atom. The van der Waals surface area contributed by atoms with Gasteiger partial charge in [-0.1, -0.05) is 23.4 Å². The van der Waals surface area contributed by atoms with Crippen LogP contribution in [0.2, 0.25) is 0 Å². The van der Waals surface area contributed by atoms with E-state index in [0.29, 0.717) is 13.0 Å². The minimum Gasteiger partial charge on any atom is -0.358 e. The Hall–Kier alpha value is -2.21. The molecule has 2 N–H and O–H groups in total. The molecule has 0 atom stereocenters. The van der Waals surface area contributed by atoms with Gasteiger partial charge in [-0.2, -0.15) is 0 Å². The molecule has 0 aliphatic carbocycles. The van der Waals surface area contributed by atoms with Crippen LogP contribution >= 0.6 is 11.8 Å². The first kappa shape index (κ1) is 17.6. The van der Waals surface area contributed by atoms with E-state index in [0.717, 1.165) is 33.1 Å². The molecule has 3 rings (SSSR count). The SMILES string of the molecule is Cc1cc(C)c2[nH]c(C)c(CC(=O)NCCSc3nccn3C)c2c1. The summed E-state index contributed by atoms with van der Waals surface area (Å²) in [5.74, 6) is 0.866. The van der Waals surface area contributed by atoms with Crippen molar-refractivity contribution < 1.29 is 4.79 Å². The highest BCUT2D eigenvalue weighted by atomic mass is 32.2. The number of hydrogen-bond donors (Lipinski definition) is 2. The van der Waals surface area contributed by atoms with E-state index in [1.54, 1.807) is 18.0 Å². The summed E-state index contributed by atoms with van der Waals surface area (Å²) in [7, 11) is 1.97. The van der Waals surface area contributed by atoms with Crippen molar-refractivity contribution in [2.75, 3.05) is 12.3 Å². The van der Waals surface area contributed by atoms with Crippen LogP contribution in [0.3, 0.4) is 0 Å². The number of nitrogens with one attached hydrogen (secondary N) is 2. The summed E-state index contributed by atoms with van der Waals surface area (Å²) in [6.07, 6.45) is 4.11. The molecule has 0 radical (unpaired) electrons. The van der Waals surface area contributed by atoms with Crippen molar-refractivity contribution in [3.8, 4) is 0 Å². The number of hydrogen-bond acceptors (Lipinski definition) is 3. The average molecular weight is 356 g/mol. The zero-order chi connectivity index (χ0) is 18.0. The molecule has 132 valence electrons. The Kier molecular flexibility index (Phi) is 5.18. The molecule has 0 fully saturated rings. The maximum atomic E-state index is 12.3. The fourth-order valence-electron chi connectivity index (χ4n) is 3.11. The van der Waals surface area contributed by atoms with E-state index in [-0.39, 0.29) is 5.91 Å². The van der Waals surface area contributed by atoms with Crippen LogP contribution in [-0.4, -0.2) is 32.7 Å². The van der Waals surface area contributed by atoms with Gasteiger partial charge in [-0.15, -0.1) is 0 Å². The molecule has 0 bridgehead atoms. The van der Waals surface area contributed by atoms with Crippen molar-refractivity contribution in [2.45, 2.75) is 32.3 Å². The second kappa shape index (κ2) is 7.35. The van der Waals surface area contributed by atoms with Gasteiger partial charge in [0, 0.05) is 48.3 Å². The second-order valence-electron chi connectivity index (χ2n) is 6.43. The first-order chi connectivity index (χ1) is 12.0. The van der Waals surface area contributed by atoms with Crippen LogP contribution in [0, 0.1) is 20.8 Å². The molecule has 2 heterocycles. The van der Waals surface area contributed by atoms with E-state index in [9.17, 15) is 4.79 Å². The summed E-state index contributed by atoms with van der Waals surface area (Å²) >= 11 is 1.64. The fourth-order valence-corrected chi connectivity index (χ4v) is 3.90. The van der Waals surface area contributed by atoms with Crippen LogP contribution in [0.1, 0.15) is 22.4 Å². The van der Waals surface area contributed by atoms with Gasteiger partial charge in [0.1, 0.15) is 0 Å². The topological polar surface area (TPSA) is 62.7 Å². The summed E-state index contributed by atoms with van der Waals surface area (Å²) in [6, 6.07) is 4.32. The molecule has 0 aliphatic heterocycles. The van der Waals surface area contributed by atoms with Crippen molar-refractivity contribution in [2.24, 2.45) is 7.05 Å². The molecule has 0 saturated carbocycles. The Morgan fingerprint density at radius 2 is 2.12 bits per heavy atom. The van der Waals surface area contributed by atoms with Crippen LogP contribution in [0.25, 0.3) is 10.9 Å². The molecule has 25 heavy (non-hydrogen) atoms. The smallest absolute Gasteiger partial charge is 0.224 e. The number of thioether (sulfide) groups is 1. The van der Waals surface area contributed by atoms with Gasteiger partial charge in [0.25, 0.3) is 0 Å². The first-order valence-corrected chi connectivity index (χ1v) is 9.39. The molecule has 0 unspecified atom stereocenters. The molecule has 1 aromatic carbocycles. The Morgan fingerprint density at radius 3 is 2.84 bits per heavy atom. The maximum Gasteiger partial charge on any atom is 0.224 e. The van der Waals surface area contributed by atoms with Gasteiger partial charge in [0.15, 0.2) is 5.16 Å². The standard InChI is InChI=1S/C19H24N4OS/c1-12-9-13(2)18-16(10-12)15(14(3)22-18)11-17(24)20-6-8-25-19-21-5-7-23(19)4/h5,7,9-10,22H,6,8,11H2,1-4H3,(H,20,24). The van der Waals surface area contributed by atoms with E-state index in [1.807, 2.05) is 24.7 Å². The first-order valence-electron chi connectivity index (χ1n) is 8.41. The van der Waals surface area contributed by atoms with E-state index in [4.69, 9.17) is 0 Å². The monoisotopic (exact) mass is 356 g/mol. The average Bonchev–Trinajstić information content (AvgIpc) is 3.09. The number of carbonyl (C=O) groups is 1. The molecule has 2 aromatic heterocycles. The summed E-state index contributed by atoms with van der Waals surface area (Å²) < 4.78 is 1.98. The van der Waals surface area contributed by atoms with Crippen LogP contribution < -0.4 is 5.32 Å². The number of aromatic amines is 1. The van der Waals surface area contributed by atoms with Crippen molar-refractivity contribution in [1.29, 1.82) is 0 Å². The highest BCUT2D eigenvalue weighted by Crippen LogP contribution is 2.26. The number of fused-ring (bicyclic) bond motifs is 1. The number of rotatable bonds is 6. The van der Waals surface area contributed by atoms with E-state index >= 15 is 0 Å². The van der Waals surface area contributed by atoms with Crippen LogP contribution in [0.5, 0.6) is 0 Å². The maximum absolute atomic E-state index is 12.3. The summed E-state index contributed by atoms with van der Waals surface area (Å²) in [5.41, 5.74) is 5.74. The Balaban J connectivity index is 1.60. The summed E-state index contributed by atoms with van der Waals surface area (Å²) in [6.45, 7) is 6.86. The van der Waals surface area contributed by atoms with Gasteiger partial charge < -0.3 is 14.9 Å². The molecule has 6 heteroatoms. The number of aryl methyl sites for hydroxylation is 4. The molecule has 0 spiro atoms. The lowest BCUT2D eigenvalue weighted by atomic mass is 10.0. The van der Waals surface area contributed by atoms with Gasteiger partial charge in [-0.05, 0) is 38.0 Å². The van der Waals surface area contributed by atoms with Crippen molar-refractivity contribution in [3.63, 3.8) is 0 Å². The minimum atomic E-state index is 0.0589. The fraction of sp³-hybridized carbons (Fsp3) is 0.368. The lowest BCUT2D eigenvalue weighted by molar-refractivity contribution is -0.120. The summed E-state index contributed by atoms with van der Waals surface area (Å²) in [5, 5.41) is 5.14. The van der Waals surface area contributed by atoms with Gasteiger partial charge in [0.05, 0.1) is 6.42 Å². The van der Waals surface area contributed by atoms with E-state index < -0.39 is 0 Å². The molecule has 5 nitrogen and oxygen atoms in total. The lowest BCUT2D eigenvalue weighted by Crippen LogP contribution is -2.27. The van der Waals surface area contributed by atoms with E-state index in [1.165, 1.54) is 11.1 Å². The molecular formula is C19H24N4OS. The zero-order valence-corrected chi connectivity index (χ0v) is 16.0. The van der Waals surface area contributed by atoms with Crippen LogP contribution in [0.15, 0.2) is 29.7 Å². The molecule has 1 amide bonds. The predicted molar refractivity (Wildman–Crippen MR) is 103 cm³/mol. The van der Waals surface area contributed by atoms with Crippen molar-refractivity contribution >= 4 is 28.6 Å². The zero-order valence-electron chi connectivity index (χ0n) is 15.1. The quantitative estimate of drug-likeness (QED) is 0.526. The highest BCUT2D eigenvalue weighted by molar-refractivity contribution is 7.99. The number of benzene rings is 1. The normalized spacial score (nSPS) is 11.2. The number of carbonyl (C=O) groups excluding carboxylic acids is 1. The Bertz CT molecular complexity index is 910. The number of amides is 1. The van der Waals surface area contributed by atoms with Gasteiger partial charge >= 0.3 is 0 Å². The van der Waals surface area contributed by atoms with Gasteiger partial charge in [-0.3, -0.25) is 4.79 Å². The van der Waals surface area contributed by atoms with E-state index in [2.05, 4.69) is 41.3 Å². The Labute approximate surface area is 152 Å².